The molecule has 0 fully saturated rings. The molecule has 2 rings (SSSR count). The number of anilines is 1. The zero-order chi connectivity index (χ0) is 13.1. The Morgan fingerprint density at radius 3 is 2.67 bits per heavy atom. The van der Waals surface area contributed by atoms with Crippen LogP contribution >= 0.6 is 0 Å². The Kier molecular flexibility index (Phi) is 3.60. The van der Waals surface area contributed by atoms with Crippen LogP contribution in [-0.2, 0) is 6.42 Å². The van der Waals surface area contributed by atoms with E-state index < -0.39 is 0 Å². The topological polar surface area (TPSA) is 51.8 Å². The van der Waals surface area contributed by atoms with Crippen LogP contribution < -0.4 is 5.73 Å². The fourth-order valence-corrected chi connectivity index (χ4v) is 2.15. The number of rotatable bonds is 3. The minimum atomic E-state index is 0.600. The van der Waals surface area contributed by atoms with E-state index in [0.717, 1.165) is 29.7 Å². The van der Waals surface area contributed by atoms with Crippen LogP contribution in [0.5, 0.6) is 0 Å². The molecule has 0 saturated heterocycles. The Morgan fingerprint density at radius 1 is 1.17 bits per heavy atom. The van der Waals surface area contributed by atoms with Crippen molar-refractivity contribution in [2.45, 2.75) is 33.6 Å². The molecule has 0 atom stereocenters. The lowest BCUT2D eigenvalue weighted by molar-refractivity contribution is 0.908. The highest BCUT2D eigenvalue weighted by atomic mass is 14.9. The van der Waals surface area contributed by atoms with E-state index >= 15 is 0 Å². The fraction of sp³-hybridized carbons (Fsp3) is 0.333. The smallest absolute Gasteiger partial charge is 0.130 e. The maximum absolute atomic E-state index is 5.98. The maximum atomic E-state index is 5.98. The maximum Gasteiger partial charge on any atom is 0.130 e. The molecule has 0 aliphatic heterocycles. The molecule has 0 unspecified atom stereocenters. The van der Waals surface area contributed by atoms with Gasteiger partial charge in [-0.05, 0) is 31.9 Å². The molecular formula is C15H19N3. The van der Waals surface area contributed by atoms with Crippen LogP contribution in [0.2, 0.25) is 0 Å². The lowest BCUT2D eigenvalue weighted by Crippen LogP contribution is -2.03. The zero-order valence-electron chi connectivity index (χ0n) is 11.2. The highest BCUT2D eigenvalue weighted by molar-refractivity contribution is 5.70. The van der Waals surface area contributed by atoms with Crippen molar-refractivity contribution in [3.05, 3.63) is 41.2 Å². The van der Waals surface area contributed by atoms with Crippen LogP contribution in [0.15, 0.2) is 24.5 Å². The number of nitrogens with zero attached hydrogens (tertiary/aromatic N) is 2. The molecule has 1 aromatic heterocycles. The minimum Gasteiger partial charge on any atom is -0.383 e. The predicted molar refractivity (Wildman–Crippen MR) is 75.3 cm³/mol. The van der Waals surface area contributed by atoms with E-state index in [9.17, 15) is 0 Å². The third-order valence-corrected chi connectivity index (χ3v) is 3.13. The Bertz CT molecular complexity index is 562. The van der Waals surface area contributed by atoms with Crippen molar-refractivity contribution in [1.82, 2.24) is 9.97 Å². The fourth-order valence-electron chi connectivity index (χ4n) is 2.15. The van der Waals surface area contributed by atoms with Crippen LogP contribution in [0.3, 0.4) is 0 Å². The second-order valence-electron chi connectivity index (χ2n) is 4.65. The molecule has 0 aliphatic rings. The molecule has 1 aromatic carbocycles. The SMILES string of the molecule is CCCc1c(N)ncnc1-c1cc(C)ccc1C. The molecule has 0 amide bonds. The van der Waals surface area contributed by atoms with Gasteiger partial charge >= 0.3 is 0 Å². The second-order valence-corrected chi connectivity index (χ2v) is 4.65. The number of aryl methyl sites for hydroxylation is 2. The Labute approximate surface area is 108 Å². The summed E-state index contributed by atoms with van der Waals surface area (Å²) >= 11 is 0. The van der Waals surface area contributed by atoms with Gasteiger partial charge in [0, 0.05) is 11.1 Å². The highest BCUT2D eigenvalue weighted by Gasteiger charge is 2.12. The van der Waals surface area contributed by atoms with Gasteiger partial charge in [-0.1, -0.05) is 31.0 Å². The third-order valence-electron chi connectivity index (χ3n) is 3.13. The molecule has 0 radical (unpaired) electrons. The van der Waals surface area contributed by atoms with E-state index in [1.807, 2.05) is 0 Å². The molecule has 94 valence electrons. The molecule has 1 heterocycles. The number of nitrogen functional groups attached to an aromatic ring is 1. The van der Waals surface area contributed by atoms with Gasteiger partial charge in [0.2, 0.25) is 0 Å². The zero-order valence-corrected chi connectivity index (χ0v) is 11.2. The molecule has 0 saturated carbocycles. The van der Waals surface area contributed by atoms with Gasteiger partial charge in [-0.15, -0.1) is 0 Å². The Balaban J connectivity index is 2.63. The van der Waals surface area contributed by atoms with Gasteiger partial charge in [0.15, 0.2) is 0 Å². The molecule has 3 nitrogen and oxygen atoms in total. The number of hydrogen-bond acceptors (Lipinski definition) is 3. The first-order chi connectivity index (χ1) is 8.63. The van der Waals surface area contributed by atoms with Gasteiger partial charge in [0.05, 0.1) is 5.69 Å². The van der Waals surface area contributed by atoms with E-state index in [1.165, 1.54) is 11.1 Å². The Morgan fingerprint density at radius 2 is 1.94 bits per heavy atom. The summed E-state index contributed by atoms with van der Waals surface area (Å²) in [5.41, 5.74) is 11.6. The number of aromatic nitrogens is 2. The lowest BCUT2D eigenvalue weighted by Gasteiger charge is -2.12. The van der Waals surface area contributed by atoms with Crippen molar-refractivity contribution < 1.29 is 0 Å². The molecular weight excluding hydrogens is 222 g/mol. The third kappa shape index (κ3) is 2.35. The monoisotopic (exact) mass is 241 g/mol. The standard InChI is InChI=1S/C15H19N3/c1-4-5-12-14(17-9-18-15(12)16)13-8-10(2)6-7-11(13)3/h6-9H,4-5H2,1-3H3,(H2,16,17,18). The van der Waals surface area contributed by atoms with Gasteiger partial charge in [0.1, 0.15) is 12.1 Å². The largest absolute Gasteiger partial charge is 0.383 e. The summed E-state index contributed by atoms with van der Waals surface area (Å²) in [6, 6.07) is 6.40. The van der Waals surface area contributed by atoms with Crippen molar-refractivity contribution in [3.8, 4) is 11.3 Å². The molecule has 3 heteroatoms. The van der Waals surface area contributed by atoms with Crippen molar-refractivity contribution in [3.63, 3.8) is 0 Å². The van der Waals surface area contributed by atoms with E-state index in [-0.39, 0.29) is 0 Å². The summed E-state index contributed by atoms with van der Waals surface area (Å²) in [5.74, 6) is 0.600. The van der Waals surface area contributed by atoms with E-state index in [1.54, 1.807) is 6.33 Å². The first-order valence-electron chi connectivity index (χ1n) is 6.30. The van der Waals surface area contributed by atoms with Crippen LogP contribution in [0.4, 0.5) is 5.82 Å². The molecule has 2 aromatic rings. The molecule has 0 bridgehead atoms. The van der Waals surface area contributed by atoms with Crippen LogP contribution in [0.1, 0.15) is 30.0 Å². The average molecular weight is 241 g/mol. The summed E-state index contributed by atoms with van der Waals surface area (Å²) in [5, 5.41) is 0. The summed E-state index contributed by atoms with van der Waals surface area (Å²) in [6.07, 6.45) is 3.50. The van der Waals surface area contributed by atoms with Crippen LogP contribution in [-0.4, -0.2) is 9.97 Å². The van der Waals surface area contributed by atoms with Gasteiger partial charge in [-0.25, -0.2) is 9.97 Å². The molecule has 0 aliphatic carbocycles. The summed E-state index contributed by atoms with van der Waals surface area (Å²) < 4.78 is 0. The first-order valence-corrected chi connectivity index (χ1v) is 6.30. The van der Waals surface area contributed by atoms with Crippen molar-refractivity contribution in [2.75, 3.05) is 5.73 Å². The molecule has 0 spiro atoms. The van der Waals surface area contributed by atoms with E-state index in [4.69, 9.17) is 5.73 Å². The predicted octanol–water partition coefficient (Wildman–Crippen LogP) is 3.30. The quantitative estimate of drug-likeness (QED) is 0.897. The first kappa shape index (κ1) is 12.6. The summed E-state index contributed by atoms with van der Waals surface area (Å²) in [7, 11) is 0. The van der Waals surface area contributed by atoms with Gasteiger partial charge in [0.25, 0.3) is 0 Å². The second kappa shape index (κ2) is 5.17. The van der Waals surface area contributed by atoms with Crippen molar-refractivity contribution in [1.29, 1.82) is 0 Å². The normalized spacial score (nSPS) is 10.6. The lowest BCUT2D eigenvalue weighted by atomic mass is 9.97. The summed E-state index contributed by atoms with van der Waals surface area (Å²) in [4.78, 5) is 8.54. The van der Waals surface area contributed by atoms with E-state index in [2.05, 4.69) is 48.9 Å². The van der Waals surface area contributed by atoms with Crippen LogP contribution in [0.25, 0.3) is 11.3 Å². The molecule has 18 heavy (non-hydrogen) atoms. The number of hydrogen-bond donors (Lipinski definition) is 1. The van der Waals surface area contributed by atoms with Crippen molar-refractivity contribution >= 4 is 5.82 Å². The average Bonchev–Trinajstić information content (AvgIpc) is 2.35. The van der Waals surface area contributed by atoms with Crippen molar-refractivity contribution in [2.24, 2.45) is 0 Å². The van der Waals surface area contributed by atoms with Gasteiger partial charge in [-0.3, -0.25) is 0 Å². The molecule has 2 N–H and O–H groups in total. The highest BCUT2D eigenvalue weighted by Crippen LogP contribution is 2.28. The Hall–Kier alpha value is -1.90. The number of nitrogens with two attached hydrogens (primary N) is 1. The summed E-state index contributed by atoms with van der Waals surface area (Å²) in [6.45, 7) is 6.33. The minimum absolute atomic E-state index is 0.600. The van der Waals surface area contributed by atoms with Crippen LogP contribution in [0, 0.1) is 13.8 Å². The van der Waals surface area contributed by atoms with Gasteiger partial charge < -0.3 is 5.73 Å². The number of benzene rings is 1. The van der Waals surface area contributed by atoms with Gasteiger partial charge in [-0.2, -0.15) is 0 Å². The van der Waals surface area contributed by atoms with E-state index in [0.29, 0.717) is 5.82 Å².